The molecule has 0 amide bonds. The lowest BCUT2D eigenvalue weighted by Gasteiger charge is -2.09. The van der Waals surface area contributed by atoms with Gasteiger partial charge in [0.05, 0.1) is 6.10 Å². The highest BCUT2D eigenvalue weighted by atomic mass is 16.5. The van der Waals surface area contributed by atoms with E-state index >= 15 is 0 Å². The summed E-state index contributed by atoms with van der Waals surface area (Å²) < 4.78 is 5.04. The van der Waals surface area contributed by atoms with Crippen molar-refractivity contribution in [2.45, 2.75) is 33.8 Å². The van der Waals surface area contributed by atoms with Crippen molar-refractivity contribution < 1.29 is 14.3 Å². The third-order valence-electron chi connectivity index (χ3n) is 2.33. The van der Waals surface area contributed by atoms with Gasteiger partial charge in [0.15, 0.2) is 5.78 Å². The highest BCUT2D eigenvalue weighted by molar-refractivity contribution is 6.19. The molecule has 18 heavy (non-hydrogen) atoms. The molecule has 0 aliphatic rings. The summed E-state index contributed by atoms with van der Waals surface area (Å²) in [7, 11) is 0. The van der Waals surface area contributed by atoms with Gasteiger partial charge in [-0.3, -0.25) is 4.79 Å². The number of hydrogen-bond donors (Lipinski definition) is 0. The van der Waals surface area contributed by atoms with Gasteiger partial charge in [0.25, 0.3) is 0 Å². The van der Waals surface area contributed by atoms with Crippen molar-refractivity contribution >= 4 is 17.8 Å². The Balaban J connectivity index is 3.01. The van der Waals surface area contributed by atoms with Gasteiger partial charge in [-0.15, -0.1) is 0 Å². The van der Waals surface area contributed by atoms with Crippen LogP contribution in [0.1, 0.15) is 31.9 Å². The smallest absolute Gasteiger partial charge is 0.342 e. The molecule has 1 aromatic carbocycles. The first kappa shape index (κ1) is 14.2. The Bertz CT molecular complexity index is 467. The lowest BCUT2D eigenvalue weighted by atomic mass is 10.1. The summed E-state index contributed by atoms with van der Waals surface area (Å²) in [6.45, 7) is 6.84. The number of aryl methyl sites for hydroxylation is 1. The lowest BCUT2D eigenvalue weighted by molar-refractivity contribution is -0.143. The third-order valence-corrected chi connectivity index (χ3v) is 2.33. The van der Waals surface area contributed by atoms with Gasteiger partial charge in [-0.05, 0) is 39.3 Å². The van der Waals surface area contributed by atoms with E-state index in [2.05, 4.69) is 0 Å². The zero-order valence-electron chi connectivity index (χ0n) is 11.2. The second-order valence-corrected chi connectivity index (χ2v) is 4.48. The largest absolute Gasteiger partial charge is 0.459 e. The number of Topliss-reactive ketones (excluding diaryl/α,β-unsaturated/α-hetero) is 1. The summed E-state index contributed by atoms with van der Waals surface area (Å²) >= 11 is 0. The Hall–Kier alpha value is -1.90. The van der Waals surface area contributed by atoms with Crippen molar-refractivity contribution in [2.75, 3.05) is 0 Å². The van der Waals surface area contributed by atoms with Gasteiger partial charge < -0.3 is 4.74 Å². The van der Waals surface area contributed by atoms with Crippen LogP contribution in [-0.4, -0.2) is 17.9 Å². The van der Waals surface area contributed by atoms with Gasteiger partial charge >= 0.3 is 5.97 Å². The quantitative estimate of drug-likeness (QED) is 0.355. The maximum absolute atomic E-state index is 11.8. The fourth-order valence-electron chi connectivity index (χ4n) is 1.41. The number of esters is 1. The van der Waals surface area contributed by atoms with E-state index in [1.165, 1.54) is 6.92 Å². The molecule has 0 atom stereocenters. The van der Waals surface area contributed by atoms with E-state index in [9.17, 15) is 9.59 Å². The molecule has 0 aromatic heterocycles. The number of carbonyl (C=O) groups is 2. The average molecular weight is 246 g/mol. The number of rotatable bonds is 4. The monoisotopic (exact) mass is 246 g/mol. The lowest BCUT2D eigenvalue weighted by Crippen LogP contribution is -2.17. The molecule has 0 N–H and O–H groups in total. The number of benzene rings is 1. The number of ether oxygens (including phenoxy) is 1. The van der Waals surface area contributed by atoms with Crippen LogP contribution in [0.3, 0.4) is 0 Å². The molecule has 0 saturated carbocycles. The summed E-state index contributed by atoms with van der Waals surface area (Å²) in [4.78, 5) is 23.2. The predicted molar refractivity (Wildman–Crippen MR) is 71.1 cm³/mol. The molecule has 0 bridgehead atoms. The van der Waals surface area contributed by atoms with Crippen molar-refractivity contribution in [1.82, 2.24) is 0 Å². The number of hydrogen-bond acceptors (Lipinski definition) is 3. The molecule has 0 aliphatic carbocycles. The molecule has 3 heteroatoms. The van der Waals surface area contributed by atoms with Crippen molar-refractivity contribution in [3.63, 3.8) is 0 Å². The molecule has 0 fully saturated rings. The van der Waals surface area contributed by atoms with Gasteiger partial charge in [-0.25, -0.2) is 4.79 Å². The van der Waals surface area contributed by atoms with Gasteiger partial charge in [-0.2, -0.15) is 0 Å². The summed E-state index contributed by atoms with van der Waals surface area (Å²) in [6, 6.07) is 7.58. The molecule has 0 spiro atoms. The van der Waals surface area contributed by atoms with Crippen LogP contribution in [0, 0.1) is 6.92 Å². The predicted octanol–water partition coefficient (Wildman–Crippen LogP) is 2.92. The molecular formula is C15H18O3. The summed E-state index contributed by atoms with van der Waals surface area (Å²) in [6.07, 6.45) is 1.32. The van der Waals surface area contributed by atoms with Crippen molar-refractivity contribution in [1.29, 1.82) is 0 Å². The third kappa shape index (κ3) is 4.17. The normalized spacial score (nSPS) is 11.5. The van der Waals surface area contributed by atoms with Crippen molar-refractivity contribution in [3.05, 3.63) is 41.0 Å². The molecule has 0 heterocycles. The van der Waals surface area contributed by atoms with Crippen LogP contribution >= 0.6 is 0 Å². The SMILES string of the molecule is CC(=O)/C(=C\c1ccc(C)cc1)C(=O)OC(C)C. The molecule has 0 aliphatic heterocycles. The minimum absolute atomic E-state index is 0.0764. The fourth-order valence-corrected chi connectivity index (χ4v) is 1.41. The second-order valence-electron chi connectivity index (χ2n) is 4.48. The Morgan fingerprint density at radius 1 is 1.17 bits per heavy atom. The summed E-state index contributed by atoms with van der Waals surface area (Å²) in [5.74, 6) is -0.862. The Morgan fingerprint density at radius 2 is 1.72 bits per heavy atom. The van der Waals surface area contributed by atoms with E-state index in [1.54, 1.807) is 19.9 Å². The Morgan fingerprint density at radius 3 is 2.17 bits per heavy atom. The first-order valence-electron chi connectivity index (χ1n) is 5.90. The van der Waals surface area contributed by atoms with E-state index in [0.717, 1.165) is 11.1 Å². The van der Waals surface area contributed by atoms with Crippen LogP contribution in [-0.2, 0) is 14.3 Å². The molecular weight excluding hydrogens is 228 g/mol. The average Bonchev–Trinajstić information content (AvgIpc) is 2.26. The van der Waals surface area contributed by atoms with Crippen LogP contribution in [0.4, 0.5) is 0 Å². The number of ketones is 1. The minimum atomic E-state index is -0.571. The standard InChI is InChI=1S/C15H18O3/c1-10(2)18-15(17)14(12(4)16)9-13-7-5-11(3)6-8-13/h5-10H,1-4H3/b14-9+. The first-order valence-corrected chi connectivity index (χ1v) is 5.90. The van der Waals surface area contributed by atoms with E-state index in [4.69, 9.17) is 4.74 Å². The van der Waals surface area contributed by atoms with Crippen molar-refractivity contribution in [3.8, 4) is 0 Å². The van der Waals surface area contributed by atoms with E-state index in [1.807, 2.05) is 31.2 Å². The van der Waals surface area contributed by atoms with Crippen molar-refractivity contribution in [2.24, 2.45) is 0 Å². The number of carbonyl (C=O) groups excluding carboxylic acids is 2. The zero-order chi connectivity index (χ0) is 13.7. The zero-order valence-corrected chi connectivity index (χ0v) is 11.2. The van der Waals surface area contributed by atoms with Crippen LogP contribution in [0.15, 0.2) is 29.8 Å². The van der Waals surface area contributed by atoms with Crippen LogP contribution in [0.5, 0.6) is 0 Å². The van der Waals surface area contributed by atoms with Crippen LogP contribution in [0.25, 0.3) is 6.08 Å². The van der Waals surface area contributed by atoms with Gasteiger partial charge in [-0.1, -0.05) is 29.8 Å². The van der Waals surface area contributed by atoms with Gasteiger partial charge in [0, 0.05) is 0 Å². The molecule has 1 rings (SSSR count). The molecule has 0 radical (unpaired) electrons. The fraction of sp³-hybridized carbons (Fsp3) is 0.333. The maximum atomic E-state index is 11.8. The minimum Gasteiger partial charge on any atom is -0.459 e. The van der Waals surface area contributed by atoms with Crippen LogP contribution in [0.2, 0.25) is 0 Å². The van der Waals surface area contributed by atoms with E-state index in [-0.39, 0.29) is 17.5 Å². The van der Waals surface area contributed by atoms with Crippen LogP contribution < -0.4 is 0 Å². The Labute approximate surface area is 107 Å². The molecule has 0 saturated heterocycles. The topological polar surface area (TPSA) is 43.4 Å². The summed E-state index contributed by atoms with van der Waals surface area (Å²) in [5.41, 5.74) is 2.01. The highest BCUT2D eigenvalue weighted by Gasteiger charge is 2.17. The van der Waals surface area contributed by atoms with E-state index in [0.29, 0.717) is 0 Å². The summed E-state index contributed by atoms with van der Waals surface area (Å²) in [5, 5.41) is 0. The maximum Gasteiger partial charge on any atom is 0.342 e. The Kier molecular flexibility index (Phi) is 4.84. The molecule has 0 unspecified atom stereocenters. The first-order chi connectivity index (χ1) is 8.40. The van der Waals surface area contributed by atoms with E-state index < -0.39 is 5.97 Å². The van der Waals surface area contributed by atoms with Gasteiger partial charge in [0.1, 0.15) is 5.57 Å². The molecule has 1 aromatic rings. The highest BCUT2D eigenvalue weighted by Crippen LogP contribution is 2.11. The molecule has 3 nitrogen and oxygen atoms in total. The van der Waals surface area contributed by atoms with Gasteiger partial charge in [0.2, 0.25) is 0 Å². The second kappa shape index (κ2) is 6.15. The molecule has 96 valence electrons.